The van der Waals surface area contributed by atoms with Gasteiger partial charge in [-0.15, -0.1) is 5.10 Å². The third-order valence-corrected chi connectivity index (χ3v) is 6.91. The van der Waals surface area contributed by atoms with Crippen LogP contribution in [0.2, 0.25) is 5.02 Å². The predicted octanol–water partition coefficient (Wildman–Crippen LogP) is 3.10. The Balaban J connectivity index is 1.64. The number of quaternary nitrogens is 1. The third kappa shape index (κ3) is 3.65. The van der Waals surface area contributed by atoms with Crippen LogP contribution in [0.25, 0.3) is 11.0 Å². The fourth-order valence-electron chi connectivity index (χ4n) is 5.13. The topological polar surface area (TPSA) is 78.2 Å². The fourth-order valence-corrected chi connectivity index (χ4v) is 5.30. The Morgan fingerprint density at radius 3 is 2.67 bits per heavy atom. The highest BCUT2D eigenvalue weighted by Crippen LogP contribution is 2.30. The standard InChI is InChI=1S/C22H26ClN5O2/c23-15-9-10-19-17(13-15)21(29)18(14-30-19)20(27-11-5-2-6-12-27)22-24-25-26-28(22)16-7-3-1-4-8-16/h9-10,13-14,16,20H,1-8,11-12H2/p+1/t20-/m1/s1. The van der Waals surface area contributed by atoms with Crippen molar-refractivity contribution in [3.63, 3.8) is 0 Å². The average molecular weight is 429 g/mol. The Labute approximate surface area is 180 Å². The first-order chi connectivity index (χ1) is 14.7. The number of hydrogen-bond acceptors (Lipinski definition) is 5. The minimum atomic E-state index is -0.234. The average Bonchev–Trinajstić information content (AvgIpc) is 3.27. The number of likely N-dealkylation sites (tertiary alicyclic amines) is 1. The second-order valence-corrected chi connectivity index (χ2v) is 9.02. The number of aromatic nitrogens is 4. The van der Waals surface area contributed by atoms with Crippen molar-refractivity contribution in [3.8, 4) is 0 Å². The number of benzene rings is 1. The van der Waals surface area contributed by atoms with Gasteiger partial charge in [-0.25, -0.2) is 4.68 Å². The number of piperidine rings is 1. The maximum atomic E-state index is 13.5. The summed E-state index contributed by atoms with van der Waals surface area (Å²) in [5.74, 6) is 0.785. The first-order valence-corrected chi connectivity index (χ1v) is 11.4. The van der Waals surface area contributed by atoms with Gasteiger partial charge in [-0.05, 0) is 60.7 Å². The lowest BCUT2D eigenvalue weighted by atomic mass is 9.95. The summed E-state index contributed by atoms with van der Waals surface area (Å²) in [5.41, 5.74) is 1.13. The lowest BCUT2D eigenvalue weighted by molar-refractivity contribution is -0.931. The van der Waals surface area contributed by atoms with Gasteiger partial charge in [-0.3, -0.25) is 4.79 Å². The summed E-state index contributed by atoms with van der Waals surface area (Å²) in [6.45, 7) is 1.99. The van der Waals surface area contributed by atoms with Crippen LogP contribution >= 0.6 is 11.6 Å². The molecule has 3 aromatic rings. The van der Waals surface area contributed by atoms with Crippen molar-refractivity contribution >= 4 is 22.6 Å². The molecule has 30 heavy (non-hydrogen) atoms. The van der Waals surface area contributed by atoms with E-state index in [0.717, 1.165) is 44.6 Å². The van der Waals surface area contributed by atoms with Crippen molar-refractivity contribution in [1.82, 2.24) is 20.2 Å². The molecule has 1 atom stereocenters. The van der Waals surface area contributed by atoms with Gasteiger partial charge in [0.2, 0.25) is 11.3 Å². The first-order valence-electron chi connectivity index (χ1n) is 11.1. The van der Waals surface area contributed by atoms with E-state index in [2.05, 4.69) is 15.5 Å². The van der Waals surface area contributed by atoms with Crippen LogP contribution < -0.4 is 10.3 Å². The van der Waals surface area contributed by atoms with Crippen molar-refractivity contribution in [2.45, 2.75) is 63.5 Å². The predicted molar refractivity (Wildman–Crippen MR) is 114 cm³/mol. The molecule has 158 valence electrons. The monoisotopic (exact) mass is 428 g/mol. The summed E-state index contributed by atoms with van der Waals surface area (Å²) in [5, 5.41) is 13.9. The molecule has 5 rings (SSSR count). The van der Waals surface area contributed by atoms with E-state index in [1.165, 1.54) is 30.6 Å². The molecule has 3 heterocycles. The number of rotatable bonds is 4. The van der Waals surface area contributed by atoms with Crippen LogP contribution in [0, 0.1) is 0 Å². The molecule has 1 saturated heterocycles. The van der Waals surface area contributed by atoms with Crippen LogP contribution in [0.4, 0.5) is 0 Å². The zero-order valence-electron chi connectivity index (χ0n) is 17.0. The van der Waals surface area contributed by atoms with Gasteiger partial charge in [-0.1, -0.05) is 30.9 Å². The second kappa shape index (κ2) is 8.47. The molecule has 1 saturated carbocycles. The SMILES string of the molecule is O=c1c([C@H](c2nnnn2C2CCCCC2)[NH+]2CCCCC2)coc2ccc(Cl)cc12. The minimum Gasteiger partial charge on any atom is -0.464 e. The van der Waals surface area contributed by atoms with E-state index in [1.807, 2.05) is 4.68 Å². The summed E-state index contributed by atoms with van der Waals surface area (Å²) in [6, 6.07) is 5.25. The van der Waals surface area contributed by atoms with Crippen LogP contribution in [0.15, 0.2) is 33.7 Å². The van der Waals surface area contributed by atoms with E-state index in [9.17, 15) is 4.79 Å². The summed E-state index contributed by atoms with van der Waals surface area (Å²) in [4.78, 5) is 14.9. The van der Waals surface area contributed by atoms with Gasteiger partial charge >= 0.3 is 0 Å². The summed E-state index contributed by atoms with van der Waals surface area (Å²) >= 11 is 6.18. The molecule has 8 heteroatoms. The smallest absolute Gasteiger partial charge is 0.214 e. The Kier molecular flexibility index (Phi) is 5.56. The maximum absolute atomic E-state index is 13.5. The van der Waals surface area contributed by atoms with Crippen LogP contribution in [0.5, 0.6) is 0 Å². The van der Waals surface area contributed by atoms with E-state index < -0.39 is 0 Å². The maximum Gasteiger partial charge on any atom is 0.214 e. The molecule has 1 aromatic carbocycles. The lowest BCUT2D eigenvalue weighted by Crippen LogP contribution is -3.13. The minimum absolute atomic E-state index is 0.0417. The van der Waals surface area contributed by atoms with Crippen LogP contribution in [-0.4, -0.2) is 33.3 Å². The normalized spacial score (nSPS) is 19.9. The van der Waals surface area contributed by atoms with Crippen LogP contribution in [0.3, 0.4) is 0 Å². The Morgan fingerprint density at radius 1 is 1.10 bits per heavy atom. The molecule has 0 radical (unpaired) electrons. The zero-order chi connectivity index (χ0) is 20.5. The molecule has 7 nitrogen and oxygen atoms in total. The number of hydrogen-bond donors (Lipinski definition) is 1. The third-order valence-electron chi connectivity index (χ3n) is 6.67. The van der Waals surface area contributed by atoms with Crippen molar-refractivity contribution in [2.75, 3.05) is 13.1 Å². The number of nitrogens with one attached hydrogen (secondary N) is 1. The van der Waals surface area contributed by atoms with Crippen LogP contribution in [0.1, 0.15) is 74.8 Å². The Hall–Kier alpha value is -2.25. The number of halogens is 1. The summed E-state index contributed by atoms with van der Waals surface area (Å²) < 4.78 is 7.88. The van der Waals surface area contributed by atoms with Gasteiger partial charge in [-0.2, -0.15) is 0 Å². The molecule has 1 aliphatic carbocycles. The molecular weight excluding hydrogens is 402 g/mol. The zero-order valence-corrected chi connectivity index (χ0v) is 17.8. The van der Waals surface area contributed by atoms with Gasteiger partial charge < -0.3 is 9.32 Å². The lowest BCUT2D eigenvalue weighted by Gasteiger charge is -2.31. The number of tetrazole rings is 1. The fraction of sp³-hybridized carbons (Fsp3) is 0.545. The van der Waals surface area contributed by atoms with Gasteiger partial charge in [0, 0.05) is 5.02 Å². The Bertz CT molecular complexity index is 1080. The van der Waals surface area contributed by atoms with Crippen molar-refractivity contribution in [1.29, 1.82) is 0 Å². The van der Waals surface area contributed by atoms with Gasteiger partial charge in [0.25, 0.3) is 0 Å². The molecular formula is C22H27ClN5O2+. The molecule has 0 unspecified atom stereocenters. The van der Waals surface area contributed by atoms with Gasteiger partial charge in [0.05, 0.1) is 24.5 Å². The molecule has 0 spiro atoms. The summed E-state index contributed by atoms with van der Waals surface area (Å²) in [7, 11) is 0. The molecule has 1 N–H and O–H groups in total. The van der Waals surface area contributed by atoms with E-state index in [4.69, 9.17) is 16.0 Å². The number of fused-ring (bicyclic) bond motifs is 1. The van der Waals surface area contributed by atoms with Gasteiger partial charge in [0.1, 0.15) is 17.4 Å². The van der Waals surface area contributed by atoms with Crippen molar-refractivity contribution in [3.05, 3.63) is 51.1 Å². The summed E-state index contributed by atoms with van der Waals surface area (Å²) in [6.07, 6.45) is 11.0. The number of nitrogens with zero attached hydrogens (tertiary/aromatic N) is 4. The molecule has 2 aliphatic rings. The van der Waals surface area contributed by atoms with E-state index >= 15 is 0 Å². The molecule has 2 fully saturated rings. The highest BCUT2D eigenvalue weighted by atomic mass is 35.5. The van der Waals surface area contributed by atoms with E-state index in [1.54, 1.807) is 24.5 Å². The van der Waals surface area contributed by atoms with Crippen LogP contribution in [-0.2, 0) is 0 Å². The van der Waals surface area contributed by atoms with E-state index in [-0.39, 0.29) is 11.5 Å². The van der Waals surface area contributed by atoms with E-state index in [0.29, 0.717) is 27.6 Å². The Morgan fingerprint density at radius 2 is 1.87 bits per heavy atom. The second-order valence-electron chi connectivity index (χ2n) is 8.59. The quantitative estimate of drug-likeness (QED) is 0.690. The molecule has 0 amide bonds. The largest absolute Gasteiger partial charge is 0.464 e. The molecule has 2 aromatic heterocycles. The molecule has 1 aliphatic heterocycles. The van der Waals surface area contributed by atoms with Gasteiger partial charge in [0.15, 0.2) is 6.04 Å². The first kappa shape index (κ1) is 19.7. The molecule has 0 bridgehead atoms. The van der Waals surface area contributed by atoms with Crippen molar-refractivity contribution < 1.29 is 9.32 Å². The highest BCUT2D eigenvalue weighted by molar-refractivity contribution is 6.31. The highest BCUT2D eigenvalue weighted by Gasteiger charge is 2.37. The van der Waals surface area contributed by atoms with Crippen molar-refractivity contribution in [2.24, 2.45) is 0 Å².